The van der Waals surface area contributed by atoms with E-state index in [0.717, 1.165) is 19.6 Å². The fourth-order valence-corrected chi connectivity index (χ4v) is 2.21. The quantitative estimate of drug-likeness (QED) is 0.703. The molecule has 108 valence electrons. The number of likely N-dealkylation sites (N-methyl/N-ethyl adjacent to an activating group) is 1. The molecule has 0 radical (unpaired) electrons. The van der Waals surface area contributed by atoms with Gasteiger partial charge in [-0.3, -0.25) is 0 Å². The smallest absolute Gasteiger partial charge is 0.00769 e. The van der Waals surface area contributed by atoms with Crippen molar-refractivity contribution in [3.05, 3.63) is 35.4 Å². The topological polar surface area (TPSA) is 24.1 Å². The van der Waals surface area contributed by atoms with Crippen LogP contribution in [0.25, 0.3) is 0 Å². The lowest BCUT2D eigenvalue weighted by molar-refractivity contribution is 0.468. The molecule has 0 aliphatic heterocycles. The summed E-state index contributed by atoms with van der Waals surface area (Å²) in [6.45, 7) is 12.2. The molecule has 0 saturated carbocycles. The van der Waals surface area contributed by atoms with Crippen molar-refractivity contribution in [1.29, 1.82) is 0 Å². The Morgan fingerprint density at radius 2 is 1.74 bits per heavy atom. The summed E-state index contributed by atoms with van der Waals surface area (Å²) in [5.41, 5.74) is 3.04. The molecule has 2 heteroatoms. The molecule has 0 bridgehead atoms. The Kier molecular flexibility index (Phi) is 6.53. The van der Waals surface area contributed by atoms with Crippen LogP contribution in [0.4, 0.5) is 0 Å². The van der Waals surface area contributed by atoms with Gasteiger partial charge in [0.1, 0.15) is 0 Å². The van der Waals surface area contributed by atoms with Crippen LogP contribution in [0.5, 0.6) is 0 Å². The van der Waals surface area contributed by atoms with Gasteiger partial charge in [0.2, 0.25) is 0 Å². The fraction of sp³-hybridized carbons (Fsp3) is 0.647. The molecule has 1 atom stereocenters. The van der Waals surface area contributed by atoms with Crippen LogP contribution in [0, 0.1) is 0 Å². The molecule has 0 spiro atoms. The second-order valence-corrected chi connectivity index (χ2v) is 6.10. The first-order valence-corrected chi connectivity index (χ1v) is 7.47. The molecule has 1 unspecified atom stereocenters. The Morgan fingerprint density at radius 3 is 2.26 bits per heavy atom. The minimum atomic E-state index is 0.182. The van der Waals surface area contributed by atoms with Crippen molar-refractivity contribution in [2.75, 3.05) is 26.7 Å². The number of benzene rings is 1. The lowest BCUT2D eigenvalue weighted by Gasteiger charge is -2.26. The fourth-order valence-electron chi connectivity index (χ4n) is 2.21. The Morgan fingerprint density at radius 1 is 1.11 bits per heavy atom. The Bertz CT molecular complexity index is 354. The van der Waals surface area contributed by atoms with E-state index in [2.05, 4.69) is 62.6 Å². The van der Waals surface area contributed by atoms with Gasteiger partial charge in [-0.2, -0.15) is 0 Å². The average molecular weight is 262 g/mol. The zero-order valence-electron chi connectivity index (χ0n) is 13.2. The zero-order chi connectivity index (χ0) is 14.3. The molecule has 19 heavy (non-hydrogen) atoms. The first-order valence-electron chi connectivity index (χ1n) is 7.47. The molecule has 0 aromatic heterocycles. The first-order chi connectivity index (χ1) is 9.01. The predicted octanol–water partition coefficient (Wildman–Crippen LogP) is 3.29. The van der Waals surface area contributed by atoms with Crippen LogP contribution < -0.4 is 10.6 Å². The second-order valence-electron chi connectivity index (χ2n) is 6.10. The van der Waals surface area contributed by atoms with Gasteiger partial charge in [0.15, 0.2) is 0 Å². The third kappa shape index (κ3) is 4.96. The summed E-state index contributed by atoms with van der Waals surface area (Å²) < 4.78 is 0. The highest BCUT2D eigenvalue weighted by Crippen LogP contribution is 2.25. The van der Waals surface area contributed by atoms with Crippen LogP contribution in [-0.2, 0) is 5.41 Å². The van der Waals surface area contributed by atoms with Gasteiger partial charge >= 0.3 is 0 Å². The summed E-state index contributed by atoms with van der Waals surface area (Å²) in [6.07, 6.45) is 1.20. The van der Waals surface area contributed by atoms with E-state index in [0.29, 0.717) is 5.92 Å². The standard InChI is InChI=1S/C17H30N2/c1-6-14(2)15-7-9-16(10-8-15)17(3,4)13-19-12-11-18-5/h7-10,14,18-19H,6,11-13H2,1-5H3. The molecule has 0 saturated heterocycles. The summed E-state index contributed by atoms with van der Waals surface area (Å²) >= 11 is 0. The molecule has 2 N–H and O–H groups in total. The van der Waals surface area contributed by atoms with Gasteiger partial charge in [-0.1, -0.05) is 52.0 Å². The largest absolute Gasteiger partial charge is 0.318 e. The third-order valence-corrected chi connectivity index (χ3v) is 3.99. The molecule has 0 aliphatic carbocycles. The maximum atomic E-state index is 3.51. The Hall–Kier alpha value is -0.860. The van der Waals surface area contributed by atoms with E-state index in [1.807, 2.05) is 7.05 Å². The normalized spacial score (nSPS) is 13.5. The van der Waals surface area contributed by atoms with Crippen LogP contribution in [0.1, 0.15) is 51.2 Å². The van der Waals surface area contributed by atoms with Gasteiger partial charge in [-0.25, -0.2) is 0 Å². The van der Waals surface area contributed by atoms with Gasteiger partial charge in [-0.05, 0) is 30.5 Å². The highest BCUT2D eigenvalue weighted by atomic mass is 14.9. The maximum Gasteiger partial charge on any atom is 0.00769 e. The Labute approximate surface area is 119 Å². The average Bonchev–Trinajstić information content (AvgIpc) is 2.43. The molecule has 0 amide bonds. The van der Waals surface area contributed by atoms with Crippen molar-refractivity contribution < 1.29 is 0 Å². The van der Waals surface area contributed by atoms with Crippen molar-refractivity contribution in [3.8, 4) is 0 Å². The summed E-state index contributed by atoms with van der Waals surface area (Å²) in [6, 6.07) is 9.17. The molecular weight excluding hydrogens is 232 g/mol. The zero-order valence-corrected chi connectivity index (χ0v) is 13.2. The van der Waals surface area contributed by atoms with E-state index < -0.39 is 0 Å². The van der Waals surface area contributed by atoms with Crippen LogP contribution in [0.2, 0.25) is 0 Å². The van der Waals surface area contributed by atoms with Gasteiger partial charge < -0.3 is 10.6 Å². The van der Waals surface area contributed by atoms with Crippen LogP contribution in [0.3, 0.4) is 0 Å². The van der Waals surface area contributed by atoms with Crippen molar-refractivity contribution >= 4 is 0 Å². The van der Waals surface area contributed by atoms with Gasteiger partial charge in [-0.15, -0.1) is 0 Å². The monoisotopic (exact) mass is 262 g/mol. The summed E-state index contributed by atoms with van der Waals surface area (Å²) in [5.74, 6) is 0.658. The van der Waals surface area contributed by atoms with Crippen molar-refractivity contribution in [3.63, 3.8) is 0 Å². The maximum absolute atomic E-state index is 3.51. The highest BCUT2D eigenvalue weighted by molar-refractivity contribution is 5.30. The second kappa shape index (κ2) is 7.66. The van der Waals surface area contributed by atoms with Crippen molar-refractivity contribution in [2.24, 2.45) is 0 Å². The molecule has 2 nitrogen and oxygen atoms in total. The van der Waals surface area contributed by atoms with E-state index >= 15 is 0 Å². The van der Waals surface area contributed by atoms with Crippen LogP contribution >= 0.6 is 0 Å². The molecule has 1 aromatic carbocycles. The molecular formula is C17H30N2. The molecule has 0 fully saturated rings. The lowest BCUT2D eigenvalue weighted by Crippen LogP contribution is -2.36. The van der Waals surface area contributed by atoms with E-state index in [4.69, 9.17) is 0 Å². The van der Waals surface area contributed by atoms with E-state index in [1.165, 1.54) is 17.5 Å². The van der Waals surface area contributed by atoms with Crippen molar-refractivity contribution in [1.82, 2.24) is 10.6 Å². The van der Waals surface area contributed by atoms with Gasteiger partial charge in [0, 0.05) is 25.0 Å². The summed E-state index contributed by atoms with van der Waals surface area (Å²) in [5, 5.41) is 6.67. The number of nitrogens with one attached hydrogen (secondary N) is 2. The summed E-state index contributed by atoms with van der Waals surface area (Å²) in [7, 11) is 1.99. The number of rotatable bonds is 8. The van der Waals surface area contributed by atoms with Crippen LogP contribution in [-0.4, -0.2) is 26.7 Å². The lowest BCUT2D eigenvalue weighted by atomic mass is 9.83. The van der Waals surface area contributed by atoms with Crippen LogP contribution in [0.15, 0.2) is 24.3 Å². The first kappa shape index (κ1) is 16.2. The van der Waals surface area contributed by atoms with E-state index in [1.54, 1.807) is 0 Å². The van der Waals surface area contributed by atoms with Crippen molar-refractivity contribution in [2.45, 2.75) is 45.4 Å². The Balaban J connectivity index is 2.62. The third-order valence-electron chi connectivity index (χ3n) is 3.99. The number of hydrogen-bond donors (Lipinski definition) is 2. The van der Waals surface area contributed by atoms with E-state index in [9.17, 15) is 0 Å². The number of hydrogen-bond acceptors (Lipinski definition) is 2. The summed E-state index contributed by atoms with van der Waals surface area (Å²) in [4.78, 5) is 0. The highest BCUT2D eigenvalue weighted by Gasteiger charge is 2.20. The molecule has 0 aliphatic rings. The minimum Gasteiger partial charge on any atom is -0.318 e. The van der Waals surface area contributed by atoms with E-state index in [-0.39, 0.29) is 5.41 Å². The molecule has 1 aromatic rings. The predicted molar refractivity (Wildman–Crippen MR) is 85.0 cm³/mol. The SMILES string of the molecule is CCC(C)c1ccc(C(C)(C)CNCCNC)cc1. The molecule has 1 rings (SSSR count). The minimum absolute atomic E-state index is 0.182. The molecule has 0 heterocycles. The van der Waals surface area contributed by atoms with Gasteiger partial charge in [0.05, 0.1) is 0 Å². The van der Waals surface area contributed by atoms with Gasteiger partial charge in [0.25, 0.3) is 0 Å².